The Bertz CT molecular complexity index is 454. The summed E-state index contributed by atoms with van der Waals surface area (Å²) in [5, 5.41) is 3.41. The zero-order chi connectivity index (χ0) is 15.1. The number of nitrogens with zero attached hydrogens (tertiary/aromatic N) is 2. The fourth-order valence-corrected chi connectivity index (χ4v) is 5.67. The van der Waals surface area contributed by atoms with Gasteiger partial charge in [0, 0.05) is 37.8 Å². The van der Waals surface area contributed by atoms with Crippen molar-refractivity contribution in [1.82, 2.24) is 15.1 Å². The highest BCUT2D eigenvalue weighted by molar-refractivity contribution is 7.99. The van der Waals surface area contributed by atoms with Gasteiger partial charge < -0.3 is 15.1 Å². The molecule has 3 aliphatic heterocycles. The first-order valence-corrected chi connectivity index (χ1v) is 9.77. The standard InChI is InChI=1S/C16H25N3O2S/c20-15(11-3-1-2-4-11)19-10-22-9-14(19)16(21)18-7-12-5-17-6-13(12)8-18/h11-14,17H,1-10H2/t12-,13+,14?. The van der Waals surface area contributed by atoms with Crippen molar-refractivity contribution >= 4 is 23.6 Å². The second kappa shape index (κ2) is 6.04. The summed E-state index contributed by atoms with van der Waals surface area (Å²) < 4.78 is 0. The van der Waals surface area contributed by atoms with Gasteiger partial charge in [-0.25, -0.2) is 0 Å². The summed E-state index contributed by atoms with van der Waals surface area (Å²) in [7, 11) is 0. The number of amides is 2. The van der Waals surface area contributed by atoms with E-state index in [0.717, 1.165) is 44.8 Å². The Balaban J connectivity index is 1.42. The number of carbonyl (C=O) groups is 2. The summed E-state index contributed by atoms with van der Waals surface area (Å²) in [6, 6.07) is -0.204. The van der Waals surface area contributed by atoms with Gasteiger partial charge in [0.2, 0.25) is 11.8 Å². The summed E-state index contributed by atoms with van der Waals surface area (Å²) in [6.07, 6.45) is 4.36. The van der Waals surface area contributed by atoms with E-state index in [0.29, 0.717) is 17.7 Å². The first-order chi connectivity index (χ1) is 10.7. The van der Waals surface area contributed by atoms with Gasteiger partial charge in [-0.1, -0.05) is 12.8 Å². The number of rotatable bonds is 2. The SMILES string of the molecule is O=C(C1CSCN1C(=O)C1CCCC1)N1C[C@H]2CNC[C@H]2C1. The number of carbonyl (C=O) groups excluding carboxylic acids is 2. The molecule has 4 fully saturated rings. The molecule has 3 saturated heterocycles. The monoisotopic (exact) mass is 323 g/mol. The summed E-state index contributed by atoms with van der Waals surface area (Å²) in [5.41, 5.74) is 0. The van der Waals surface area contributed by atoms with Crippen LogP contribution in [0.5, 0.6) is 0 Å². The summed E-state index contributed by atoms with van der Waals surface area (Å²) >= 11 is 1.73. The Morgan fingerprint density at radius 2 is 1.68 bits per heavy atom. The van der Waals surface area contributed by atoms with Crippen molar-refractivity contribution in [3.63, 3.8) is 0 Å². The lowest BCUT2D eigenvalue weighted by atomic mass is 10.0. The van der Waals surface area contributed by atoms with Gasteiger partial charge >= 0.3 is 0 Å². The van der Waals surface area contributed by atoms with Crippen molar-refractivity contribution in [2.45, 2.75) is 31.7 Å². The third kappa shape index (κ3) is 2.54. The molecule has 0 spiro atoms. The van der Waals surface area contributed by atoms with Gasteiger partial charge in [-0.15, -0.1) is 11.8 Å². The zero-order valence-corrected chi connectivity index (χ0v) is 13.8. The smallest absolute Gasteiger partial charge is 0.246 e. The zero-order valence-electron chi connectivity index (χ0n) is 13.0. The lowest BCUT2D eigenvalue weighted by molar-refractivity contribution is -0.145. The van der Waals surface area contributed by atoms with E-state index in [1.165, 1.54) is 12.8 Å². The van der Waals surface area contributed by atoms with Crippen molar-refractivity contribution in [1.29, 1.82) is 0 Å². The number of hydrogen-bond donors (Lipinski definition) is 1. The largest absolute Gasteiger partial charge is 0.340 e. The molecule has 0 bridgehead atoms. The molecule has 0 aromatic heterocycles. The van der Waals surface area contributed by atoms with Gasteiger partial charge in [0.15, 0.2) is 0 Å². The molecular formula is C16H25N3O2S. The molecule has 2 amide bonds. The van der Waals surface area contributed by atoms with Crippen LogP contribution in [0.1, 0.15) is 25.7 Å². The minimum absolute atomic E-state index is 0.177. The first kappa shape index (κ1) is 14.8. The lowest BCUT2D eigenvalue weighted by Crippen LogP contribution is -2.50. The lowest BCUT2D eigenvalue weighted by Gasteiger charge is -2.29. The van der Waals surface area contributed by atoms with Crippen LogP contribution in [0.3, 0.4) is 0 Å². The van der Waals surface area contributed by atoms with Gasteiger partial charge in [0.1, 0.15) is 6.04 Å². The van der Waals surface area contributed by atoms with Crippen LogP contribution in [-0.4, -0.2) is 65.5 Å². The van der Waals surface area contributed by atoms with Gasteiger partial charge in [-0.3, -0.25) is 9.59 Å². The van der Waals surface area contributed by atoms with E-state index < -0.39 is 0 Å². The third-order valence-electron chi connectivity index (χ3n) is 5.86. The van der Waals surface area contributed by atoms with Crippen molar-refractivity contribution in [3.05, 3.63) is 0 Å². The number of likely N-dealkylation sites (tertiary alicyclic amines) is 1. The number of fused-ring (bicyclic) bond motifs is 1. The predicted molar refractivity (Wildman–Crippen MR) is 86.3 cm³/mol. The predicted octanol–water partition coefficient (Wildman–Crippen LogP) is 0.756. The molecule has 1 unspecified atom stereocenters. The molecule has 6 heteroatoms. The van der Waals surface area contributed by atoms with Crippen LogP contribution in [0.25, 0.3) is 0 Å². The average Bonchev–Trinajstić information content (AvgIpc) is 3.28. The summed E-state index contributed by atoms with van der Waals surface area (Å²) in [5.74, 6) is 3.34. The van der Waals surface area contributed by atoms with Crippen LogP contribution in [0.2, 0.25) is 0 Å². The maximum atomic E-state index is 12.9. The van der Waals surface area contributed by atoms with Crippen molar-refractivity contribution in [2.24, 2.45) is 17.8 Å². The van der Waals surface area contributed by atoms with E-state index >= 15 is 0 Å². The molecule has 122 valence electrons. The maximum absolute atomic E-state index is 12.9. The second-order valence-electron chi connectivity index (χ2n) is 7.23. The Hall–Kier alpha value is -0.750. The molecular weight excluding hydrogens is 298 g/mol. The molecule has 22 heavy (non-hydrogen) atoms. The molecule has 1 saturated carbocycles. The highest BCUT2D eigenvalue weighted by Crippen LogP contribution is 2.33. The number of hydrogen-bond acceptors (Lipinski definition) is 4. The third-order valence-corrected chi connectivity index (χ3v) is 6.87. The van der Waals surface area contributed by atoms with E-state index in [1.807, 2.05) is 9.80 Å². The quantitative estimate of drug-likeness (QED) is 0.815. The van der Waals surface area contributed by atoms with E-state index in [-0.39, 0.29) is 23.8 Å². The molecule has 4 rings (SSSR count). The normalized spacial score (nSPS) is 35.4. The minimum Gasteiger partial charge on any atom is -0.340 e. The molecule has 0 radical (unpaired) electrons. The van der Waals surface area contributed by atoms with E-state index in [1.54, 1.807) is 11.8 Å². The van der Waals surface area contributed by atoms with Gasteiger partial charge in [-0.05, 0) is 24.7 Å². The van der Waals surface area contributed by atoms with Crippen molar-refractivity contribution < 1.29 is 9.59 Å². The van der Waals surface area contributed by atoms with Crippen LogP contribution < -0.4 is 5.32 Å². The van der Waals surface area contributed by atoms with Crippen molar-refractivity contribution in [3.8, 4) is 0 Å². The highest BCUT2D eigenvalue weighted by atomic mass is 32.2. The van der Waals surface area contributed by atoms with Crippen LogP contribution in [0.15, 0.2) is 0 Å². The Morgan fingerprint density at radius 1 is 1.00 bits per heavy atom. The molecule has 1 aliphatic carbocycles. The fraction of sp³-hybridized carbons (Fsp3) is 0.875. The second-order valence-corrected chi connectivity index (χ2v) is 8.23. The minimum atomic E-state index is -0.204. The summed E-state index contributed by atoms with van der Waals surface area (Å²) in [4.78, 5) is 29.5. The Labute approximate surface area is 136 Å². The topological polar surface area (TPSA) is 52.7 Å². The van der Waals surface area contributed by atoms with Gasteiger partial charge in [0.25, 0.3) is 0 Å². The van der Waals surface area contributed by atoms with Crippen LogP contribution in [0.4, 0.5) is 0 Å². The first-order valence-electron chi connectivity index (χ1n) is 8.62. The molecule has 5 nitrogen and oxygen atoms in total. The molecule has 0 aromatic rings. The average molecular weight is 323 g/mol. The Kier molecular flexibility index (Phi) is 4.07. The van der Waals surface area contributed by atoms with Crippen LogP contribution >= 0.6 is 11.8 Å². The molecule has 0 aromatic carbocycles. The number of nitrogens with one attached hydrogen (secondary N) is 1. The summed E-state index contributed by atoms with van der Waals surface area (Å²) in [6.45, 7) is 3.84. The van der Waals surface area contributed by atoms with Crippen LogP contribution in [-0.2, 0) is 9.59 Å². The Morgan fingerprint density at radius 3 is 2.36 bits per heavy atom. The highest BCUT2D eigenvalue weighted by Gasteiger charge is 2.44. The maximum Gasteiger partial charge on any atom is 0.246 e. The molecule has 4 aliphatic rings. The van der Waals surface area contributed by atoms with Gasteiger partial charge in [0.05, 0.1) is 5.88 Å². The molecule has 1 N–H and O–H groups in total. The fourth-order valence-electron chi connectivity index (χ4n) is 4.52. The van der Waals surface area contributed by atoms with E-state index in [9.17, 15) is 9.59 Å². The van der Waals surface area contributed by atoms with E-state index in [2.05, 4.69) is 5.32 Å². The van der Waals surface area contributed by atoms with Crippen molar-refractivity contribution in [2.75, 3.05) is 37.8 Å². The van der Waals surface area contributed by atoms with E-state index in [4.69, 9.17) is 0 Å². The van der Waals surface area contributed by atoms with Gasteiger partial charge in [-0.2, -0.15) is 0 Å². The molecule has 3 heterocycles. The van der Waals surface area contributed by atoms with Crippen LogP contribution in [0, 0.1) is 17.8 Å². The number of thioether (sulfide) groups is 1. The molecule has 3 atom stereocenters.